The molecule has 4 aromatic rings. The molecule has 0 spiro atoms. The number of nitrogens with one attached hydrogen (secondary N) is 1. The van der Waals surface area contributed by atoms with Gasteiger partial charge in [-0.05, 0) is 35.6 Å². The number of aromatic nitrogens is 4. The maximum absolute atomic E-state index is 6.16. The van der Waals surface area contributed by atoms with Crippen molar-refractivity contribution in [3.8, 4) is 5.75 Å². The molecule has 0 radical (unpaired) electrons. The van der Waals surface area contributed by atoms with Gasteiger partial charge in [0.05, 0.1) is 23.9 Å². The number of nitrogens with zero attached hydrogens (tertiary/aromatic N) is 4. The van der Waals surface area contributed by atoms with Crippen molar-refractivity contribution in [3.05, 3.63) is 51.9 Å². The lowest BCUT2D eigenvalue weighted by atomic mass is 10.0. The van der Waals surface area contributed by atoms with Crippen LogP contribution in [0.25, 0.3) is 15.9 Å². The lowest BCUT2D eigenvalue weighted by Gasteiger charge is -2.19. The van der Waals surface area contributed by atoms with Crippen molar-refractivity contribution >= 4 is 27.2 Å². The van der Waals surface area contributed by atoms with E-state index < -0.39 is 0 Å². The maximum atomic E-state index is 6.16. The van der Waals surface area contributed by atoms with Gasteiger partial charge in [0.2, 0.25) is 0 Å². The van der Waals surface area contributed by atoms with E-state index in [1.165, 1.54) is 27.0 Å². The van der Waals surface area contributed by atoms with E-state index in [4.69, 9.17) is 9.72 Å². The number of hydrogen-bond donors (Lipinski definition) is 1. The number of fused-ring (bicyclic) bond motifs is 5. The molecule has 3 aromatic heterocycles. The fraction of sp³-hybridized carbons (Fsp3) is 0.409. The zero-order valence-electron chi connectivity index (χ0n) is 17.3. The van der Waals surface area contributed by atoms with Gasteiger partial charge in [-0.25, -0.2) is 14.5 Å². The molecule has 1 atom stereocenters. The minimum Gasteiger partial charge on any atom is -0.485 e. The summed E-state index contributed by atoms with van der Waals surface area (Å²) in [6, 6.07) is 6.38. The summed E-state index contributed by atoms with van der Waals surface area (Å²) < 4.78 is 7.96. The number of likely N-dealkylation sites (N-methyl/N-ethyl adjacent to an activating group) is 1. The molecular formula is C22H26N5OS+. The zero-order chi connectivity index (χ0) is 20.1. The number of benzene rings is 1. The monoisotopic (exact) mass is 408 g/mol. The summed E-state index contributed by atoms with van der Waals surface area (Å²) in [6.07, 6.45) is 2.85. The zero-order valence-corrected chi connectivity index (χ0v) is 18.1. The molecule has 1 aliphatic heterocycles. The van der Waals surface area contributed by atoms with Crippen LogP contribution in [0.4, 0.5) is 0 Å². The number of ether oxygens (including phenoxy) is 1. The summed E-state index contributed by atoms with van der Waals surface area (Å²) in [6.45, 7) is 9.02. The van der Waals surface area contributed by atoms with Gasteiger partial charge in [-0.1, -0.05) is 26.0 Å². The van der Waals surface area contributed by atoms with Crippen molar-refractivity contribution in [2.45, 2.75) is 46.3 Å². The Hall–Kier alpha value is -2.51. The summed E-state index contributed by atoms with van der Waals surface area (Å²) in [5.41, 5.74) is 4.71. The Bertz CT molecular complexity index is 1210. The molecule has 1 unspecified atom stereocenters. The van der Waals surface area contributed by atoms with Gasteiger partial charge >= 0.3 is 0 Å². The number of quaternary nitrogens is 1. The van der Waals surface area contributed by atoms with Crippen LogP contribution < -0.4 is 9.64 Å². The van der Waals surface area contributed by atoms with Crippen LogP contribution >= 0.6 is 11.3 Å². The minimum atomic E-state index is 0.353. The molecule has 1 aliphatic rings. The average Bonchev–Trinajstić information content (AvgIpc) is 3.25. The first-order valence-corrected chi connectivity index (χ1v) is 11.0. The van der Waals surface area contributed by atoms with Gasteiger partial charge in [-0.3, -0.25) is 0 Å². The molecule has 1 aromatic carbocycles. The van der Waals surface area contributed by atoms with Crippen LogP contribution in [0, 0.1) is 6.92 Å². The van der Waals surface area contributed by atoms with Crippen molar-refractivity contribution in [3.63, 3.8) is 0 Å². The highest BCUT2D eigenvalue weighted by Crippen LogP contribution is 2.33. The number of aryl methyl sites for hydroxylation is 1. The van der Waals surface area contributed by atoms with Gasteiger partial charge in [0.1, 0.15) is 30.1 Å². The smallest absolute Gasteiger partial charge is 0.189 e. The van der Waals surface area contributed by atoms with Crippen LogP contribution in [-0.2, 0) is 19.6 Å². The van der Waals surface area contributed by atoms with Crippen LogP contribution in [0.3, 0.4) is 0 Å². The Morgan fingerprint density at radius 1 is 1.31 bits per heavy atom. The Morgan fingerprint density at radius 3 is 3.00 bits per heavy atom. The van der Waals surface area contributed by atoms with Crippen LogP contribution in [-0.4, -0.2) is 33.2 Å². The molecule has 6 nitrogen and oxygen atoms in total. The van der Waals surface area contributed by atoms with Crippen molar-refractivity contribution < 1.29 is 9.64 Å². The summed E-state index contributed by atoms with van der Waals surface area (Å²) in [5.74, 6) is 2.01. The fourth-order valence-corrected chi connectivity index (χ4v) is 5.40. The summed E-state index contributed by atoms with van der Waals surface area (Å²) in [7, 11) is 2.25. The second kappa shape index (κ2) is 7.07. The number of rotatable bonds is 4. The molecule has 0 saturated carbocycles. The van der Waals surface area contributed by atoms with Gasteiger partial charge in [0.25, 0.3) is 0 Å². The standard InChI is InChI=1S/C22H25N5OS/c1-13(2)15-6-5-14(3)9-17(15)28-11-19-24-21-20-16-7-8-26(4)10-18(16)29-22(20)23-12-27(21)25-19/h5-6,9,12-13H,7-8,10-11H2,1-4H3/p+1. The third-order valence-electron chi connectivity index (χ3n) is 5.67. The van der Waals surface area contributed by atoms with Crippen LogP contribution in [0.2, 0.25) is 0 Å². The van der Waals surface area contributed by atoms with Gasteiger partial charge in [0, 0.05) is 6.42 Å². The summed E-state index contributed by atoms with van der Waals surface area (Å²) >= 11 is 1.80. The largest absolute Gasteiger partial charge is 0.485 e. The molecular weight excluding hydrogens is 382 g/mol. The minimum absolute atomic E-state index is 0.353. The molecule has 29 heavy (non-hydrogen) atoms. The lowest BCUT2D eigenvalue weighted by Crippen LogP contribution is -3.08. The van der Waals surface area contributed by atoms with Crippen LogP contribution in [0.1, 0.15) is 47.2 Å². The molecule has 7 heteroatoms. The number of hydrogen-bond acceptors (Lipinski definition) is 5. The molecule has 0 saturated heterocycles. The molecule has 5 rings (SSSR count). The van der Waals surface area contributed by atoms with Crippen LogP contribution in [0.15, 0.2) is 24.5 Å². The summed E-state index contributed by atoms with van der Waals surface area (Å²) in [5, 5.41) is 5.81. The van der Waals surface area contributed by atoms with E-state index in [1.54, 1.807) is 27.1 Å². The van der Waals surface area contributed by atoms with E-state index in [9.17, 15) is 0 Å². The molecule has 150 valence electrons. The van der Waals surface area contributed by atoms with E-state index in [-0.39, 0.29) is 0 Å². The normalized spacial score (nSPS) is 16.7. The van der Waals surface area contributed by atoms with Crippen molar-refractivity contribution in [2.75, 3.05) is 13.6 Å². The predicted octanol–water partition coefficient (Wildman–Crippen LogP) is 2.92. The van der Waals surface area contributed by atoms with Gasteiger partial charge in [-0.2, -0.15) is 0 Å². The Labute approximate surface area is 174 Å². The molecule has 0 fully saturated rings. The van der Waals surface area contributed by atoms with E-state index in [2.05, 4.69) is 56.1 Å². The first kappa shape index (κ1) is 18.5. The second-order valence-corrected chi connectivity index (χ2v) is 9.43. The maximum Gasteiger partial charge on any atom is 0.189 e. The van der Waals surface area contributed by atoms with Crippen molar-refractivity contribution in [1.82, 2.24) is 19.6 Å². The van der Waals surface area contributed by atoms with E-state index in [0.717, 1.165) is 35.7 Å². The molecule has 0 amide bonds. The molecule has 0 bridgehead atoms. The SMILES string of the molecule is Cc1ccc(C(C)C)c(OCc2nc3c4c5c(sc4ncn3n2)C[NH+](C)CC5)c1. The highest BCUT2D eigenvalue weighted by molar-refractivity contribution is 7.19. The molecule has 1 N–H and O–H groups in total. The van der Waals surface area contributed by atoms with E-state index in [1.807, 2.05) is 0 Å². The van der Waals surface area contributed by atoms with Gasteiger partial charge in [0.15, 0.2) is 11.5 Å². The average molecular weight is 409 g/mol. The third-order valence-corrected chi connectivity index (χ3v) is 6.81. The second-order valence-electron chi connectivity index (χ2n) is 8.34. The first-order chi connectivity index (χ1) is 14.0. The quantitative estimate of drug-likeness (QED) is 0.564. The Kier molecular flexibility index (Phi) is 4.52. The molecule has 0 aliphatic carbocycles. The van der Waals surface area contributed by atoms with Gasteiger partial charge in [-0.15, -0.1) is 16.4 Å². The van der Waals surface area contributed by atoms with Crippen molar-refractivity contribution in [2.24, 2.45) is 0 Å². The van der Waals surface area contributed by atoms with Gasteiger partial charge < -0.3 is 9.64 Å². The predicted molar refractivity (Wildman–Crippen MR) is 115 cm³/mol. The highest BCUT2D eigenvalue weighted by Gasteiger charge is 2.24. The third kappa shape index (κ3) is 3.28. The Morgan fingerprint density at radius 2 is 2.17 bits per heavy atom. The lowest BCUT2D eigenvalue weighted by molar-refractivity contribution is -0.895. The topological polar surface area (TPSA) is 56.8 Å². The van der Waals surface area contributed by atoms with E-state index >= 15 is 0 Å². The van der Waals surface area contributed by atoms with Crippen LogP contribution in [0.5, 0.6) is 5.75 Å². The van der Waals surface area contributed by atoms with E-state index in [0.29, 0.717) is 18.3 Å². The summed E-state index contributed by atoms with van der Waals surface area (Å²) in [4.78, 5) is 13.5. The first-order valence-electron chi connectivity index (χ1n) is 10.2. The van der Waals surface area contributed by atoms with Crippen molar-refractivity contribution in [1.29, 1.82) is 0 Å². The fourth-order valence-electron chi connectivity index (χ4n) is 4.10. The molecule has 4 heterocycles. The highest BCUT2D eigenvalue weighted by atomic mass is 32.1. The Balaban J connectivity index is 1.50. The number of thiophene rings is 1.